The molecule has 114 valence electrons. The number of aromatic hydroxyl groups is 1. The van der Waals surface area contributed by atoms with E-state index in [1.165, 1.54) is 12.3 Å². The van der Waals surface area contributed by atoms with Crippen molar-refractivity contribution in [2.24, 2.45) is 0 Å². The van der Waals surface area contributed by atoms with E-state index in [0.29, 0.717) is 13.2 Å². The van der Waals surface area contributed by atoms with E-state index in [4.69, 9.17) is 4.74 Å². The highest BCUT2D eigenvalue weighted by Crippen LogP contribution is 2.23. The van der Waals surface area contributed by atoms with Gasteiger partial charge in [0.1, 0.15) is 18.1 Å². The van der Waals surface area contributed by atoms with Gasteiger partial charge in [0.25, 0.3) is 5.91 Å². The summed E-state index contributed by atoms with van der Waals surface area (Å²) in [7, 11) is 0. The molecule has 22 heavy (non-hydrogen) atoms. The van der Waals surface area contributed by atoms with Crippen molar-refractivity contribution in [2.45, 2.75) is 18.9 Å². The van der Waals surface area contributed by atoms with Crippen molar-refractivity contribution in [3.05, 3.63) is 54.4 Å². The fourth-order valence-corrected chi connectivity index (χ4v) is 2.68. The predicted molar refractivity (Wildman–Crippen MR) is 81.9 cm³/mol. The highest BCUT2D eigenvalue weighted by atomic mass is 16.5. The van der Waals surface area contributed by atoms with Crippen LogP contribution >= 0.6 is 0 Å². The largest absolute Gasteiger partial charge is 0.505 e. The third kappa shape index (κ3) is 3.03. The van der Waals surface area contributed by atoms with Crippen molar-refractivity contribution in [1.29, 1.82) is 0 Å². The summed E-state index contributed by atoms with van der Waals surface area (Å²) in [6.45, 7) is 1.11. The number of nitrogens with zero attached hydrogens (tertiary/aromatic N) is 2. The summed E-state index contributed by atoms with van der Waals surface area (Å²) in [5, 5.41) is 9.79. The minimum Gasteiger partial charge on any atom is -0.505 e. The summed E-state index contributed by atoms with van der Waals surface area (Å²) in [5.74, 6) is 0.474. The Labute approximate surface area is 129 Å². The number of likely N-dealkylation sites (tertiary alicyclic amines) is 1. The van der Waals surface area contributed by atoms with Crippen LogP contribution in [0.5, 0.6) is 11.5 Å². The van der Waals surface area contributed by atoms with Gasteiger partial charge in [-0.25, -0.2) is 4.98 Å². The van der Waals surface area contributed by atoms with Crippen LogP contribution in [0.1, 0.15) is 23.3 Å². The molecule has 5 nitrogen and oxygen atoms in total. The highest BCUT2D eigenvalue weighted by molar-refractivity contribution is 5.95. The van der Waals surface area contributed by atoms with Gasteiger partial charge in [-0.3, -0.25) is 4.79 Å². The van der Waals surface area contributed by atoms with Gasteiger partial charge in [-0.1, -0.05) is 18.2 Å². The van der Waals surface area contributed by atoms with Crippen LogP contribution < -0.4 is 4.74 Å². The molecule has 0 saturated carbocycles. The second-order valence-corrected chi connectivity index (χ2v) is 5.29. The lowest BCUT2D eigenvalue weighted by Crippen LogP contribution is -2.39. The van der Waals surface area contributed by atoms with E-state index in [1.807, 2.05) is 30.3 Å². The van der Waals surface area contributed by atoms with E-state index in [0.717, 1.165) is 18.6 Å². The summed E-state index contributed by atoms with van der Waals surface area (Å²) in [4.78, 5) is 18.3. The molecule has 1 aromatic heterocycles. The topological polar surface area (TPSA) is 62.7 Å². The van der Waals surface area contributed by atoms with Gasteiger partial charge in [-0.2, -0.15) is 0 Å². The quantitative estimate of drug-likeness (QED) is 0.942. The Bertz CT molecular complexity index is 645. The number of carbonyl (C=O) groups is 1. The molecule has 1 aromatic carbocycles. The lowest BCUT2D eigenvalue weighted by atomic mass is 10.2. The van der Waals surface area contributed by atoms with Crippen LogP contribution in [0, 0.1) is 0 Å². The van der Waals surface area contributed by atoms with Crippen molar-refractivity contribution in [1.82, 2.24) is 9.88 Å². The lowest BCUT2D eigenvalue weighted by molar-refractivity contribution is 0.0682. The van der Waals surface area contributed by atoms with E-state index in [-0.39, 0.29) is 23.4 Å². The number of hydrogen-bond acceptors (Lipinski definition) is 4. The summed E-state index contributed by atoms with van der Waals surface area (Å²) in [6, 6.07) is 12.6. The van der Waals surface area contributed by atoms with Gasteiger partial charge in [0.15, 0.2) is 5.69 Å². The molecule has 1 atom stereocenters. The Morgan fingerprint density at radius 2 is 2.09 bits per heavy atom. The van der Waals surface area contributed by atoms with E-state index in [1.54, 1.807) is 11.0 Å². The van der Waals surface area contributed by atoms with Gasteiger partial charge in [-0.05, 0) is 37.1 Å². The van der Waals surface area contributed by atoms with Gasteiger partial charge in [0.2, 0.25) is 0 Å². The molecular weight excluding hydrogens is 280 g/mol. The maximum Gasteiger partial charge on any atom is 0.276 e. The van der Waals surface area contributed by atoms with Crippen molar-refractivity contribution in [3.8, 4) is 11.5 Å². The minimum absolute atomic E-state index is 0.00844. The first-order valence-electron chi connectivity index (χ1n) is 7.38. The van der Waals surface area contributed by atoms with Crippen LogP contribution in [0.15, 0.2) is 48.7 Å². The molecule has 2 heterocycles. The molecule has 0 spiro atoms. The van der Waals surface area contributed by atoms with Crippen LogP contribution in [0.3, 0.4) is 0 Å². The van der Waals surface area contributed by atoms with Crippen molar-refractivity contribution >= 4 is 5.91 Å². The molecule has 1 N–H and O–H groups in total. The Kier molecular flexibility index (Phi) is 4.23. The molecule has 1 saturated heterocycles. The van der Waals surface area contributed by atoms with E-state index in [9.17, 15) is 9.90 Å². The number of benzene rings is 1. The minimum atomic E-state index is -0.239. The molecule has 1 aliphatic rings. The summed E-state index contributed by atoms with van der Waals surface area (Å²) >= 11 is 0. The second kappa shape index (κ2) is 6.47. The molecule has 5 heteroatoms. The average Bonchev–Trinajstić information content (AvgIpc) is 3.02. The van der Waals surface area contributed by atoms with Gasteiger partial charge in [0.05, 0.1) is 6.04 Å². The normalized spacial score (nSPS) is 17.5. The monoisotopic (exact) mass is 298 g/mol. The fraction of sp³-hybridized carbons (Fsp3) is 0.294. The summed E-state index contributed by atoms with van der Waals surface area (Å²) in [6.07, 6.45) is 3.34. The number of ether oxygens (including phenoxy) is 1. The Balaban J connectivity index is 1.68. The third-order valence-corrected chi connectivity index (χ3v) is 3.81. The Morgan fingerprint density at radius 1 is 1.27 bits per heavy atom. The number of carbonyl (C=O) groups excluding carboxylic acids is 1. The van der Waals surface area contributed by atoms with Gasteiger partial charge >= 0.3 is 0 Å². The second-order valence-electron chi connectivity index (χ2n) is 5.29. The molecule has 1 aliphatic heterocycles. The van der Waals surface area contributed by atoms with Crippen LogP contribution in [-0.4, -0.2) is 40.1 Å². The first-order chi connectivity index (χ1) is 10.8. The first-order valence-corrected chi connectivity index (χ1v) is 7.38. The number of para-hydroxylation sites is 1. The van der Waals surface area contributed by atoms with Crippen molar-refractivity contribution in [3.63, 3.8) is 0 Å². The molecule has 0 radical (unpaired) electrons. The number of pyridine rings is 1. The zero-order valence-electron chi connectivity index (χ0n) is 12.2. The maximum atomic E-state index is 12.5. The summed E-state index contributed by atoms with van der Waals surface area (Å²) < 4.78 is 5.76. The molecule has 0 bridgehead atoms. The van der Waals surface area contributed by atoms with Gasteiger partial charge in [0, 0.05) is 12.7 Å². The number of amides is 1. The molecule has 1 fully saturated rings. The van der Waals surface area contributed by atoms with E-state index in [2.05, 4.69) is 4.98 Å². The van der Waals surface area contributed by atoms with Gasteiger partial charge < -0.3 is 14.7 Å². The molecule has 2 aromatic rings. The van der Waals surface area contributed by atoms with Crippen LogP contribution in [0.2, 0.25) is 0 Å². The highest BCUT2D eigenvalue weighted by Gasteiger charge is 2.31. The van der Waals surface area contributed by atoms with E-state index < -0.39 is 0 Å². The standard InChI is InChI=1S/C17H18N2O3/c20-15-9-4-10-18-16(15)17(21)19-11-5-6-13(19)12-22-14-7-2-1-3-8-14/h1-4,7-10,13,20H,5-6,11-12H2/t13-/m1/s1. The Hall–Kier alpha value is -2.56. The maximum absolute atomic E-state index is 12.5. The first kappa shape index (κ1) is 14.4. The zero-order valence-corrected chi connectivity index (χ0v) is 12.2. The lowest BCUT2D eigenvalue weighted by Gasteiger charge is -2.24. The smallest absolute Gasteiger partial charge is 0.276 e. The number of hydrogen-bond donors (Lipinski definition) is 1. The molecule has 3 rings (SSSR count). The SMILES string of the molecule is O=C(c1ncccc1O)N1CCC[C@@H]1COc1ccccc1. The molecule has 1 amide bonds. The molecule has 0 aliphatic carbocycles. The fourth-order valence-electron chi connectivity index (χ4n) is 2.68. The van der Waals surface area contributed by atoms with E-state index >= 15 is 0 Å². The summed E-state index contributed by atoms with van der Waals surface area (Å²) in [5.41, 5.74) is 0.106. The Morgan fingerprint density at radius 3 is 2.86 bits per heavy atom. The van der Waals surface area contributed by atoms with Crippen LogP contribution in [0.25, 0.3) is 0 Å². The van der Waals surface area contributed by atoms with Crippen molar-refractivity contribution in [2.75, 3.05) is 13.2 Å². The molecular formula is C17H18N2O3. The predicted octanol–water partition coefficient (Wildman–Crippen LogP) is 2.47. The van der Waals surface area contributed by atoms with Gasteiger partial charge in [-0.15, -0.1) is 0 Å². The average molecular weight is 298 g/mol. The van der Waals surface area contributed by atoms with Crippen molar-refractivity contribution < 1.29 is 14.6 Å². The van der Waals surface area contributed by atoms with Crippen LogP contribution in [-0.2, 0) is 0 Å². The van der Waals surface area contributed by atoms with Crippen LogP contribution in [0.4, 0.5) is 0 Å². The number of rotatable bonds is 4. The molecule has 0 unspecified atom stereocenters. The zero-order chi connectivity index (χ0) is 15.4. The third-order valence-electron chi connectivity index (χ3n) is 3.81. The number of aromatic nitrogens is 1.